The third kappa shape index (κ3) is 2.81. The quantitative estimate of drug-likeness (QED) is 0.412. The van der Waals surface area contributed by atoms with Crippen LogP contribution in [0.25, 0.3) is 10.9 Å². The third-order valence-electron chi connectivity index (χ3n) is 4.95. The van der Waals surface area contributed by atoms with E-state index in [4.69, 9.17) is 9.47 Å². The van der Waals surface area contributed by atoms with E-state index in [1.165, 1.54) is 19.1 Å². The first-order valence-corrected chi connectivity index (χ1v) is 8.67. The van der Waals surface area contributed by atoms with E-state index in [9.17, 15) is 19.5 Å². The Labute approximate surface area is 159 Å². The van der Waals surface area contributed by atoms with Crippen molar-refractivity contribution in [3.8, 4) is 17.2 Å². The summed E-state index contributed by atoms with van der Waals surface area (Å²) >= 11 is 0. The van der Waals surface area contributed by atoms with Crippen LogP contribution in [0, 0.1) is 0 Å². The largest absolute Gasteiger partial charge is 0.507 e. The van der Waals surface area contributed by atoms with Crippen molar-refractivity contribution in [2.75, 3.05) is 7.11 Å². The number of pyridine rings is 1. The normalized spacial score (nSPS) is 15.8. The van der Waals surface area contributed by atoms with Crippen LogP contribution in [0.15, 0.2) is 41.2 Å². The summed E-state index contributed by atoms with van der Waals surface area (Å²) in [6.07, 6.45) is -0.125. The predicted molar refractivity (Wildman–Crippen MR) is 101 cm³/mol. The first kappa shape index (κ1) is 17.8. The minimum Gasteiger partial charge on any atom is -0.507 e. The fourth-order valence-electron chi connectivity index (χ4n) is 3.59. The molecule has 0 saturated heterocycles. The number of phenolic OH excluding ortho intramolecular Hbond substituents is 1. The van der Waals surface area contributed by atoms with Gasteiger partial charge < -0.3 is 19.6 Å². The Morgan fingerprint density at radius 2 is 2.00 bits per heavy atom. The fraction of sp³-hybridized carbons (Fsp3) is 0.190. The van der Waals surface area contributed by atoms with Crippen LogP contribution in [-0.2, 0) is 4.79 Å². The van der Waals surface area contributed by atoms with Gasteiger partial charge in [-0.1, -0.05) is 0 Å². The number of Topliss-reactive ketones (excluding diaryl/α,β-unsaturated/α-hetero) is 1. The highest BCUT2D eigenvalue weighted by Crippen LogP contribution is 2.44. The van der Waals surface area contributed by atoms with Gasteiger partial charge in [-0.25, -0.2) is 0 Å². The second-order valence-corrected chi connectivity index (χ2v) is 6.67. The van der Waals surface area contributed by atoms with E-state index in [-0.39, 0.29) is 40.4 Å². The SMILES string of the molecule is COc1ccc2[nH]c(=O)c(C3CC(=O)Oc4ccc(C(C)=O)c(O)c43)cc2c1. The van der Waals surface area contributed by atoms with Gasteiger partial charge in [0.15, 0.2) is 5.78 Å². The average Bonchev–Trinajstić information content (AvgIpc) is 2.66. The molecule has 28 heavy (non-hydrogen) atoms. The minimum atomic E-state index is -0.741. The van der Waals surface area contributed by atoms with Crippen molar-refractivity contribution in [1.29, 1.82) is 0 Å². The van der Waals surface area contributed by atoms with Crippen molar-refractivity contribution >= 4 is 22.7 Å². The van der Waals surface area contributed by atoms with E-state index < -0.39 is 11.9 Å². The van der Waals surface area contributed by atoms with Gasteiger partial charge in [0.1, 0.15) is 17.2 Å². The van der Waals surface area contributed by atoms with Gasteiger partial charge in [-0.2, -0.15) is 0 Å². The molecule has 0 aliphatic carbocycles. The molecule has 0 spiro atoms. The number of fused-ring (bicyclic) bond motifs is 2. The number of hydrogen-bond donors (Lipinski definition) is 2. The third-order valence-corrected chi connectivity index (χ3v) is 4.95. The average molecular weight is 379 g/mol. The number of phenols is 1. The zero-order valence-electron chi connectivity index (χ0n) is 15.2. The van der Waals surface area contributed by atoms with Crippen molar-refractivity contribution in [3.05, 3.63) is 63.4 Å². The highest BCUT2D eigenvalue weighted by Gasteiger charge is 2.34. The molecule has 1 unspecified atom stereocenters. The lowest BCUT2D eigenvalue weighted by Crippen LogP contribution is -2.26. The Hall–Kier alpha value is -3.61. The molecule has 1 aromatic heterocycles. The molecule has 1 aliphatic heterocycles. The lowest BCUT2D eigenvalue weighted by atomic mass is 9.84. The van der Waals surface area contributed by atoms with Crippen LogP contribution in [0.3, 0.4) is 0 Å². The molecule has 1 aliphatic rings. The summed E-state index contributed by atoms with van der Waals surface area (Å²) in [6, 6.07) is 9.77. The lowest BCUT2D eigenvalue weighted by molar-refractivity contribution is -0.135. The first-order valence-electron chi connectivity index (χ1n) is 8.67. The van der Waals surface area contributed by atoms with Crippen LogP contribution in [0.5, 0.6) is 17.2 Å². The number of aromatic nitrogens is 1. The second-order valence-electron chi connectivity index (χ2n) is 6.67. The highest BCUT2D eigenvalue weighted by molar-refractivity contribution is 5.98. The predicted octanol–water partition coefficient (Wildman–Crippen LogP) is 2.89. The van der Waals surface area contributed by atoms with Crippen molar-refractivity contribution < 1.29 is 24.2 Å². The molecule has 142 valence electrons. The van der Waals surface area contributed by atoms with E-state index >= 15 is 0 Å². The molecule has 2 heterocycles. The summed E-state index contributed by atoms with van der Waals surface area (Å²) in [6.45, 7) is 1.33. The Morgan fingerprint density at radius 1 is 1.21 bits per heavy atom. The number of nitrogens with one attached hydrogen (secondary N) is 1. The summed E-state index contributed by atoms with van der Waals surface area (Å²) in [5.74, 6) is -1.09. The minimum absolute atomic E-state index is 0.112. The number of methoxy groups -OCH3 is 1. The van der Waals surface area contributed by atoms with Crippen LogP contribution in [0.1, 0.15) is 40.7 Å². The van der Waals surface area contributed by atoms with Gasteiger partial charge in [0.2, 0.25) is 0 Å². The summed E-state index contributed by atoms with van der Waals surface area (Å²) in [5, 5.41) is 11.4. The maximum atomic E-state index is 12.7. The monoisotopic (exact) mass is 379 g/mol. The maximum Gasteiger partial charge on any atom is 0.312 e. The molecule has 0 bridgehead atoms. The molecule has 0 fully saturated rings. The van der Waals surface area contributed by atoms with E-state index in [2.05, 4.69) is 4.98 Å². The van der Waals surface area contributed by atoms with Gasteiger partial charge in [0.25, 0.3) is 5.56 Å². The van der Waals surface area contributed by atoms with Crippen molar-refractivity contribution in [1.82, 2.24) is 4.98 Å². The van der Waals surface area contributed by atoms with E-state index in [0.717, 1.165) is 5.39 Å². The number of aromatic amines is 1. The standard InChI is InChI=1S/C21H17NO6/c1-10(23)13-4-6-17-19(20(13)25)14(9-18(24)28-17)15-8-11-7-12(27-2)3-5-16(11)22-21(15)26/h3-8,14,25H,9H2,1-2H3,(H,22,26). The Bertz CT molecular complexity index is 1190. The Balaban J connectivity index is 1.96. The van der Waals surface area contributed by atoms with Gasteiger partial charge in [0.05, 0.1) is 19.1 Å². The zero-order valence-corrected chi connectivity index (χ0v) is 15.2. The zero-order chi connectivity index (χ0) is 20.0. The van der Waals surface area contributed by atoms with Crippen molar-refractivity contribution in [2.45, 2.75) is 19.3 Å². The van der Waals surface area contributed by atoms with Gasteiger partial charge in [-0.3, -0.25) is 14.4 Å². The fourth-order valence-corrected chi connectivity index (χ4v) is 3.59. The summed E-state index contributed by atoms with van der Waals surface area (Å²) in [5.41, 5.74) is 0.918. The van der Waals surface area contributed by atoms with Crippen LogP contribution in [0.2, 0.25) is 0 Å². The summed E-state index contributed by atoms with van der Waals surface area (Å²) in [7, 11) is 1.54. The molecule has 2 N–H and O–H groups in total. The molecule has 3 aromatic rings. The number of ketones is 1. The molecule has 0 amide bonds. The molecule has 0 saturated carbocycles. The topological polar surface area (TPSA) is 106 Å². The molecule has 0 radical (unpaired) electrons. The smallest absolute Gasteiger partial charge is 0.312 e. The van der Waals surface area contributed by atoms with Gasteiger partial charge in [-0.05, 0) is 43.3 Å². The van der Waals surface area contributed by atoms with Gasteiger partial charge >= 0.3 is 5.97 Å². The summed E-state index contributed by atoms with van der Waals surface area (Å²) in [4.78, 5) is 39.5. The number of ether oxygens (including phenoxy) is 2. The molecule has 7 nitrogen and oxygen atoms in total. The van der Waals surface area contributed by atoms with E-state index in [1.54, 1.807) is 31.4 Å². The molecule has 4 rings (SSSR count). The molecular weight excluding hydrogens is 362 g/mol. The number of hydrogen-bond acceptors (Lipinski definition) is 6. The lowest BCUT2D eigenvalue weighted by Gasteiger charge is -2.26. The maximum absolute atomic E-state index is 12.7. The van der Waals surface area contributed by atoms with Crippen LogP contribution >= 0.6 is 0 Å². The van der Waals surface area contributed by atoms with Crippen LogP contribution in [-0.4, -0.2) is 29.0 Å². The van der Waals surface area contributed by atoms with Crippen LogP contribution < -0.4 is 15.0 Å². The second kappa shape index (κ2) is 6.53. The summed E-state index contributed by atoms with van der Waals surface area (Å²) < 4.78 is 10.4. The number of benzene rings is 2. The molecule has 1 atom stereocenters. The molecular formula is C21H17NO6. The first-order chi connectivity index (χ1) is 13.4. The van der Waals surface area contributed by atoms with Crippen molar-refractivity contribution in [2.24, 2.45) is 0 Å². The van der Waals surface area contributed by atoms with E-state index in [1.807, 2.05) is 0 Å². The molecule has 2 aromatic carbocycles. The van der Waals surface area contributed by atoms with Crippen molar-refractivity contribution in [3.63, 3.8) is 0 Å². The number of esters is 1. The number of H-pyrrole nitrogens is 1. The number of carbonyl (C=O) groups is 2. The van der Waals surface area contributed by atoms with Gasteiger partial charge in [-0.15, -0.1) is 0 Å². The number of rotatable bonds is 3. The van der Waals surface area contributed by atoms with Gasteiger partial charge in [0, 0.05) is 27.9 Å². The number of aromatic hydroxyl groups is 1. The highest BCUT2D eigenvalue weighted by atomic mass is 16.5. The van der Waals surface area contributed by atoms with E-state index in [0.29, 0.717) is 16.8 Å². The number of carbonyl (C=O) groups excluding carboxylic acids is 2. The molecule has 7 heteroatoms. The van der Waals surface area contributed by atoms with Crippen LogP contribution in [0.4, 0.5) is 0 Å². The Kier molecular flexibility index (Phi) is 4.15. The Morgan fingerprint density at radius 3 is 2.71 bits per heavy atom.